The lowest BCUT2D eigenvalue weighted by molar-refractivity contribution is -0.127. The number of benzene rings is 1. The van der Waals surface area contributed by atoms with Crippen LogP contribution in [0.15, 0.2) is 12.1 Å². The summed E-state index contributed by atoms with van der Waals surface area (Å²) in [4.78, 5) is 13.7. The number of ketones is 1. The largest absolute Gasteiger partial charge is 0.486 e. The Balaban J connectivity index is 1.99. The first kappa shape index (κ1) is 15.5. The smallest absolute Gasteiger partial charge is 0.135 e. The van der Waals surface area contributed by atoms with Gasteiger partial charge in [0.2, 0.25) is 0 Å². The van der Waals surface area contributed by atoms with E-state index in [-0.39, 0.29) is 6.04 Å². The van der Waals surface area contributed by atoms with E-state index in [1.54, 1.807) is 0 Å². The summed E-state index contributed by atoms with van der Waals surface area (Å²) in [6.07, 6.45) is 0.547. The number of aryl methyl sites for hydroxylation is 2. The molecule has 1 aromatic carbocycles. The zero-order chi connectivity index (χ0) is 16.1. The maximum atomic E-state index is 11.5. The highest BCUT2D eigenvalue weighted by atomic mass is 16.5. The summed E-state index contributed by atoms with van der Waals surface area (Å²) in [5, 5.41) is 11.0. The lowest BCUT2D eigenvalue weighted by Crippen LogP contribution is -2.59. The zero-order valence-corrected chi connectivity index (χ0v) is 13.8. The van der Waals surface area contributed by atoms with Gasteiger partial charge < -0.3 is 9.84 Å². The third-order valence-corrected chi connectivity index (χ3v) is 4.92. The van der Waals surface area contributed by atoms with E-state index in [0.29, 0.717) is 31.7 Å². The van der Waals surface area contributed by atoms with Crippen molar-refractivity contribution in [2.45, 2.75) is 58.3 Å². The predicted molar refractivity (Wildman–Crippen MR) is 85.2 cm³/mol. The molecular formula is C18H25NO3. The first-order valence-corrected chi connectivity index (χ1v) is 8.03. The van der Waals surface area contributed by atoms with Gasteiger partial charge in [0.25, 0.3) is 0 Å². The second-order valence-corrected chi connectivity index (χ2v) is 7.16. The van der Waals surface area contributed by atoms with Crippen molar-refractivity contribution in [2.24, 2.45) is 0 Å². The van der Waals surface area contributed by atoms with Crippen LogP contribution >= 0.6 is 0 Å². The van der Waals surface area contributed by atoms with Crippen LogP contribution in [-0.4, -0.2) is 40.5 Å². The van der Waals surface area contributed by atoms with Gasteiger partial charge in [-0.2, -0.15) is 0 Å². The molecule has 2 heterocycles. The summed E-state index contributed by atoms with van der Waals surface area (Å²) in [6.45, 7) is 9.52. The molecule has 2 unspecified atom stereocenters. The van der Waals surface area contributed by atoms with E-state index in [2.05, 4.69) is 11.0 Å². The summed E-state index contributed by atoms with van der Waals surface area (Å²) in [5.74, 6) is 1.10. The van der Waals surface area contributed by atoms with Gasteiger partial charge in [0.05, 0.1) is 6.04 Å². The number of aliphatic hydroxyl groups is 1. The van der Waals surface area contributed by atoms with Gasteiger partial charge in [-0.15, -0.1) is 0 Å². The van der Waals surface area contributed by atoms with Gasteiger partial charge >= 0.3 is 0 Å². The number of piperidine rings is 1. The third kappa shape index (κ3) is 2.55. The molecule has 1 fully saturated rings. The van der Waals surface area contributed by atoms with Gasteiger partial charge in [0, 0.05) is 31.5 Å². The Morgan fingerprint density at radius 3 is 2.50 bits per heavy atom. The van der Waals surface area contributed by atoms with Gasteiger partial charge in [0.15, 0.2) is 0 Å². The average Bonchev–Trinajstić information content (AvgIpc) is 2.38. The number of hydrogen-bond acceptors (Lipinski definition) is 4. The summed E-state index contributed by atoms with van der Waals surface area (Å²) in [7, 11) is 0. The van der Waals surface area contributed by atoms with E-state index >= 15 is 0 Å². The fourth-order valence-corrected chi connectivity index (χ4v) is 3.98. The van der Waals surface area contributed by atoms with Crippen LogP contribution < -0.4 is 4.74 Å². The van der Waals surface area contributed by atoms with E-state index in [1.165, 1.54) is 0 Å². The quantitative estimate of drug-likeness (QED) is 0.866. The Morgan fingerprint density at radius 2 is 1.86 bits per heavy atom. The lowest BCUT2D eigenvalue weighted by Gasteiger charge is -2.49. The van der Waals surface area contributed by atoms with Crippen LogP contribution in [0, 0.1) is 13.8 Å². The zero-order valence-electron chi connectivity index (χ0n) is 13.8. The van der Waals surface area contributed by atoms with Crippen LogP contribution in [0.2, 0.25) is 0 Å². The number of rotatable bonds is 1. The van der Waals surface area contributed by atoms with Crippen molar-refractivity contribution < 1.29 is 14.6 Å². The molecule has 0 bridgehead atoms. The first-order valence-electron chi connectivity index (χ1n) is 8.03. The van der Waals surface area contributed by atoms with Crippen LogP contribution in [-0.2, 0) is 4.79 Å². The Labute approximate surface area is 132 Å². The van der Waals surface area contributed by atoms with Crippen molar-refractivity contribution in [3.05, 3.63) is 28.8 Å². The lowest BCUT2D eigenvalue weighted by atomic mass is 9.82. The number of carbonyl (C=O) groups excluding carboxylic acids is 1. The minimum atomic E-state index is -0.590. The number of Topliss-reactive ketones (excluding diaryl/α,β-unsaturated/α-hetero) is 1. The highest BCUT2D eigenvalue weighted by Gasteiger charge is 2.47. The molecule has 2 aliphatic heterocycles. The van der Waals surface area contributed by atoms with Crippen molar-refractivity contribution in [1.82, 2.24) is 4.90 Å². The summed E-state index contributed by atoms with van der Waals surface area (Å²) >= 11 is 0. The van der Waals surface area contributed by atoms with Crippen LogP contribution in [0.1, 0.15) is 49.5 Å². The van der Waals surface area contributed by atoms with E-state index in [1.807, 2.05) is 33.8 Å². The molecule has 22 heavy (non-hydrogen) atoms. The molecule has 0 spiro atoms. The Morgan fingerprint density at radius 1 is 1.23 bits per heavy atom. The number of likely N-dealkylation sites (tertiary alicyclic amines) is 1. The van der Waals surface area contributed by atoms with Gasteiger partial charge in [-0.05, 0) is 44.9 Å². The number of fused-ring (bicyclic) bond motifs is 1. The molecule has 1 saturated heterocycles. The normalized spacial score (nSPS) is 28.1. The standard InChI is InChI=1S/C18H25NO3/c1-11-9-12(2)15-14(10-11)22-18(3,4)17(16(15)21)19-7-5-13(20)6-8-19/h9-10,16-17,21H,5-8H2,1-4H3. The predicted octanol–water partition coefficient (Wildman–Crippen LogP) is 2.54. The van der Waals surface area contributed by atoms with Crippen molar-refractivity contribution in [1.29, 1.82) is 0 Å². The maximum Gasteiger partial charge on any atom is 0.135 e. The van der Waals surface area contributed by atoms with Crippen LogP contribution in [0.4, 0.5) is 0 Å². The van der Waals surface area contributed by atoms with Gasteiger partial charge in [-0.3, -0.25) is 9.69 Å². The van der Waals surface area contributed by atoms with Crippen LogP contribution in [0.3, 0.4) is 0 Å². The highest BCUT2D eigenvalue weighted by molar-refractivity contribution is 5.79. The first-order chi connectivity index (χ1) is 10.3. The summed E-state index contributed by atoms with van der Waals surface area (Å²) in [6, 6.07) is 3.96. The van der Waals surface area contributed by atoms with Crippen molar-refractivity contribution in [2.75, 3.05) is 13.1 Å². The molecule has 2 atom stereocenters. The molecular weight excluding hydrogens is 278 g/mol. The molecule has 0 aliphatic carbocycles. The van der Waals surface area contributed by atoms with E-state index in [9.17, 15) is 9.90 Å². The van der Waals surface area contributed by atoms with Crippen molar-refractivity contribution in [3.63, 3.8) is 0 Å². The summed E-state index contributed by atoms with van der Waals surface area (Å²) in [5.41, 5.74) is 2.61. The topological polar surface area (TPSA) is 49.8 Å². The van der Waals surface area contributed by atoms with E-state index in [4.69, 9.17) is 4.74 Å². The molecule has 2 aliphatic rings. The van der Waals surface area contributed by atoms with Gasteiger partial charge in [-0.1, -0.05) is 6.07 Å². The minimum absolute atomic E-state index is 0.130. The second kappa shape index (κ2) is 5.36. The fraction of sp³-hybridized carbons (Fsp3) is 0.611. The number of aliphatic hydroxyl groups excluding tert-OH is 1. The fourth-order valence-electron chi connectivity index (χ4n) is 3.98. The molecule has 4 nitrogen and oxygen atoms in total. The number of carbonyl (C=O) groups is 1. The van der Waals surface area contributed by atoms with Crippen LogP contribution in [0.25, 0.3) is 0 Å². The Kier molecular flexibility index (Phi) is 3.77. The van der Waals surface area contributed by atoms with Crippen molar-refractivity contribution >= 4 is 5.78 Å². The number of ether oxygens (including phenoxy) is 1. The molecule has 0 amide bonds. The SMILES string of the molecule is Cc1cc(C)c2c(c1)OC(C)(C)C(N1CCC(=O)CC1)C2O. The van der Waals surface area contributed by atoms with Crippen molar-refractivity contribution in [3.8, 4) is 5.75 Å². The Bertz CT molecular complexity index is 599. The minimum Gasteiger partial charge on any atom is -0.486 e. The van der Waals surface area contributed by atoms with E-state index < -0.39 is 11.7 Å². The average molecular weight is 303 g/mol. The molecule has 3 rings (SSSR count). The Hall–Kier alpha value is -1.39. The highest BCUT2D eigenvalue weighted by Crippen LogP contribution is 2.44. The summed E-state index contributed by atoms with van der Waals surface area (Å²) < 4.78 is 6.26. The van der Waals surface area contributed by atoms with Gasteiger partial charge in [-0.25, -0.2) is 0 Å². The van der Waals surface area contributed by atoms with Gasteiger partial charge in [0.1, 0.15) is 23.2 Å². The molecule has 1 aromatic rings. The monoisotopic (exact) mass is 303 g/mol. The number of hydrogen-bond donors (Lipinski definition) is 1. The second-order valence-electron chi connectivity index (χ2n) is 7.16. The maximum absolute atomic E-state index is 11.5. The molecule has 120 valence electrons. The molecule has 0 saturated carbocycles. The molecule has 4 heteroatoms. The molecule has 0 aromatic heterocycles. The number of nitrogens with zero attached hydrogens (tertiary/aromatic N) is 1. The third-order valence-electron chi connectivity index (χ3n) is 4.92. The van der Waals surface area contributed by atoms with Crippen LogP contribution in [0.5, 0.6) is 5.75 Å². The molecule has 0 radical (unpaired) electrons. The molecule has 1 N–H and O–H groups in total. The van der Waals surface area contributed by atoms with E-state index in [0.717, 1.165) is 22.4 Å².